The summed E-state index contributed by atoms with van der Waals surface area (Å²) in [6.07, 6.45) is 4.58. The molecule has 0 bridgehead atoms. The van der Waals surface area contributed by atoms with Crippen LogP contribution in [0.5, 0.6) is 5.75 Å². The van der Waals surface area contributed by atoms with Gasteiger partial charge in [0.1, 0.15) is 11.5 Å². The van der Waals surface area contributed by atoms with Gasteiger partial charge in [-0.25, -0.2) is 0 Å². The Morgan fingerprint density at radius 3 is 2.96 bits per heavy atom. The third kappa shape index (κ3) is 5.06. The molecule has 1 aromatic heterocycles. The molecule has 1 N–H and O–H groups in total. The van der Waals surface area contributed by atoms with Gasteiger partial charge < -0.3 is 9.84 Å². The van der Waals surface area contributed by atoms with Crippen molar-refractivity contribution in [2.45, 2.75) is 38.7 Å². The van der Waals surface area contributed by atoms with Crippen LogP contribution in [0.2, 0.25) is 5.02 Å². The Bertz CT molecular complexity index is 699. The van der Waals surface area contributed by atoms with Gasteiger partial charge in [-0.2, -0.15) is 0 Å². The van der Waals surface area contributed by atoms with Crippen LogP contribution in [0.1, 0.15) is 36.1 Å². The van der Waals surface area contributed by atoms with Crippen LogP contribution in [0.15, 0.2) is 35.7 Å². The lowest BCUT2D eigenvalue weighted by atomic mass is 9.91. The molecule has 1 aliphatic carbocycles. The molecule has 3 nitrogen and oxygen atoms in total. The van der Waals surface area contributed by atoms with Crippen molar-refractivity contribution in [2.24, 2.45) is 11.8 Å². The zero-order valence-corrected chi connectivity index (χ0v) is 15.7. The minimum Gasteiger partial charge on any atom is -0.493 e. The Labute approximate surface area is 157 Å². The number of Topliss-reactive ketones (excluding diaryl/α,β-unsaturated/α-hetero) is 1. The summed E-state index contributed by atoms with van der Waals surface area (Å²) in [5.41, 5.74) is 0.734. The summed E-state index contributed by atoms with van der Waals surface area (Å²) >= 11 is 7.83. The summed E-state index contributed by atoms with van der Waals surface area (Å²) in [7, 11) is 0. The van der Waals surface area contributed by atoms with Gasteiger partial charge in [0.25, 0.3) is 0 Å². The lowest BCUT2D eigenvalue weighted by Gasteiger charge is -2.19. The average molecular weight is 379 g/mol. The predicted molar refractivity (Wildman–Crippen MR) is 101 cm³/mol. The van der Waals surface area contributed by atoms with Crippen LogP contribution in [0.4, 0.5) is 0 Å². The highest BCUT2D eigenvalue weighted by Crippen LogP contribution is 2.34. The number of rotatable bonds is 8. The minimum absolute atomic E-state index is 0.0653. The third-order valence-corrected chi connectivity index (χ3v) is 5.99. The molecule has 25 heavy (non-hydrogen) atoms. The first kappa shape index (κ1) is 18.4. The van der Waals surface area contributed by atoms with E-state index in [1.165, 1.54) is 4.88 Å². The quantitative estimate of drug-likeness (QED) is 0.711. The van der Waals surface area contributed by atoms with E-state index in [1.807, 2.05) is 0 Å². The van der Waals surface area contributed by atoms with Gasteiger partial charge in [0.2, 0.25) is 0 Å². The topological polar surface area (TPSA) is 46.5 Å². The summed E-state index contributed by atoms with van der Waals surface area (Å²) in [6.45, 7) is 0.463. The molecule has 2 atom stereocenters. The summed E-state index contributed by atoms with van der Waals surface area (Å²) in [6, 6.07) is 9.50. The number of benzene rings is 1. The zero-order chi connectivity index (χ0) is 17.6. The van der Waals surface area contributed by atoms with Crippen molar-refractivity contribution in [1.29, 1.82) is 0 Å². The van der Waals surface area contributed by atoms with Crippen LogP contribution in [-0.4, -0.2) is 17.5 Å². The molecular formula is C20H23ClO3S. The summed E-state index contributed by atoms with van der Waals surface area (Å²) in [5, 5.41) is 11.9. The molecule has 2 aromatic rings. The first-order chi connectivity index (χ1) is 12.2. The standard InChI is InChI=1S/C20H23ClO3S/c21-16-9-14(12-22)10-17(11-16)24-13-15-6-7-20(23)19(15)5-1-3-18-4-2-8-25-18/h2,4,8-11,15,19,22H,1,3,5-7,12-13H2/t15-,19-/m1/s1. The molecule has 0 unspecified atom stereocenters. The van der Waals surface area contributed by atoms with Crippen molar-refractivity contribution in [3.63, 3.8) is 0 Å². The molecule has 1 aliphatic rings. The van der Waals surface area contributed by atoms with Gasteiger partial charge >= 0.3 is 0 Å². The van der Waals surface area contributed by atoms with Crippen molar-refractivity contribution in [3.8, 4) is 5.75 Å². The molecule has 134 valence electrons. The van der Waals surface area contributed by atoms with Crippen LogP contribution >= 0.6 is 22.9 Å². The molecule has 3 rings (SSSR count). The Kier molecular flexibility index (Phi) is 6.51. The monoisotopic (exact) mass is 378 g/mol. The maximum absolute atomic E-state index is 12.2. The van der Waals surface area contributed by atoms with Crippen molar-refractivity contribution in [1.82, 2.24) is 0 Å². The fourth-order valence-corrected chi connectivity index (χ4v) is 4.52. The third-order valence-electron chi connectivity index (χ3n) is 4.84. The Balaban J connectivity index is 1.53. The van der Waals surface area contributed by atoms with E-state index < -0.39 is 0 Å². The number of aryl methyl sites for hydroxylation is 1. The summed E-state index contributed by atoms with van der Waals surface area (Å²) in [4.78, 5) is 13.6. The highest BCUT2D eigenvalue weighted by molar-refractivity contribution is 7.09. The Morgan fingerprint density at radius 2 is 2.20 bits per heavy atom. The average Bonchev–Trinajstić information content (AvgIpc) is 3.23. The molecule has 0 spiro atoms. The molecule has 1 saturated carbocycles. The second kappa shape index (κ2) is 8.84. The molecule has 0 aliphatic heterocycles. The number of hydrogen-bond acceptors (Lipinski definition) is 4. The maximum atomic E-state index is 12.2. The highest BCUT2D eigenvalue weighted by atomic mass is 35.5. The zero-order valence-electron chi connectivity index (χ0n) is 14.1. The van der Waals surface area contributed by atoms with Crippen LogP contribution in [0.3, 0.4) is 0 Å². The van der Waals surface area contributed by atoms with Crippen LogP contribution in [-0.2, 0) is 17.8 Å². The van der Waals surface area contributed by atoms with E-state index in [1.54, 1.807) is 29.5 Å². The summed E-state index contributed by atoms with van der Waals surface area (Å²) < 4.78 is 5.90. The van der Waals surface area contributed by atoms with E-state index in [0.717, 1.165) is 31.2 Å². The SMILES string of the molecule is O=C1CC[C@H](COc2cc(Cl)cc(CO)c2)[C@H]1CCCc1cccs1. The molecule has 0 radical (unpaired) electrons. The van der Waals surface area contributed by atoms with E-state index in [0.29, 0.717) is 29.6 Å². The number of ketones is 1. The number of aliphatic hydroxyl groups excluding tert-OH is 1. The number of ether oxygens (including phenoxy) is 1. The van der Waals surface area contributed by atoms with Crippen LogP contribution in [0.25, 0.3) is 0 Å². The van der Waals surface area contributed by atoms with Gasteiger partial charge in [-0.05, 0) is 60.9 Å². The molecule has 5 heteroatoms. The molecule has 1 heterocycles. The van der Waals surface area contributed by atoms with Gasteiger partial charge in [0.15, 0.2) is 0 Å². The Morgan fingerprint density at radius 1 is 1.32 bits per heavy atom. The van der Waals surface area contributed by atoms with Gasteiger partial charge in [-0.3, -0.25) is 4.79 Å². The van der Waals surface area contributed by atoms with Crippen molar-refractivity contribution < 1.29 is 14.6 Å². The molecular weight excluding hydrogens is 356 g/mol. The number of thiophene rings is 1. The summed E-state index contributed by atoms with van der Waals surface area (Å²) in [5.74, 6) is 1.42. The first-order valence-corrected chi connectivity index (χ1v) is 9.99. The number of carbonyl (C=O) groups is 1. The normalized spacial score (nSPS) is 20.2. The molecule has 0 amide bonds. The van der Waals surface area contributed by atoms with Crippen molar-refractivity contribution in [3.05, 3.63) is 51.2 Å². The van der Waals surface area contributed by atoms with Gasteiger partial charge in [-0.15, -0.1) is 11.3 Å². The largest absolute Gasteiger partial charge is 0.493 e. The van der Waals surface area contributed by atoms with Crippen molar-refractivity contribution >= 4 is 28.7 Å². The van der Waals surface area contributed by atoms with Gasteiger partial charge in [-0.1, -0.05) is 17.7 Å². The second-order valence-electron chi connectivity index (χ2n) is 6.61. The second-order valence-corrected chi connectivity index (χ2v) is 8.08. The molecule has 0 saturated heterocycles. The lowest BCUT2D eigenvalue weighted by Crippen LogP contribution is -2.21. The fourth-order valence-electron chi connectivity index (χ4n) is 3.52. The number of carbonyl (C=O) groups excluding carboxylic acids is 1. The van der Waals surface area contributed by atoms with E-state index in [-0.39, 0.29) is 18.4 Å². The lowest BCUT2D eigenvalue weighted by molar-refractivity contribution is -0.121. The van der Waals surface area contributed by atoms with Crippen LogP contribution < -0.4 is 4.74 Å². The molecule has 1 aromatic carbocycles. The highest BCUT2D eigenvalue weighted by Gasteiger charge is 2.34. The number of halogens is 1. The molecule has 1 fully saturated rings. The van der Waals surface area contributed by atoms with Crippen molar-refractivity contribution in [2.75, 3.05) is 6.61 Å². The fraction of sp³-hybridized carbons (Fsp3) is 0.450. The number of hydrogen-bond donors (Lipinski definition) is 1. The van der Waals surface area contributed by atoms with E-state index >= 15 is 0 Å². The maximum Gasteiger partial charge on any atom is 0.136 e. The predicted octanol–water partition coefficient (Wildman–Crippen LogP) is 4.89. The van der Waals surface area contributed by atoms with Gasteiger partial charge in [0.05, 0.1) is 13.2 Å². The van der Waals surface area contributed by atoms with Crippen LogP contribution in [0, 0.1) is 11.8 Å². The van der Waals surface area contributed by atoms with E-state index in [9.17, 15) is 9.90 Å². The first-order valence-electron chi connectivity index (χ1n) is 8.74. The van der Waals surface area contributed by atoms with E-state index in [2.05, 4.69) is 17.5 Å². The smallest absolute Gasteiger partial charge is 0.136 e. The Hall–Kier alpha value is -1.36. The van der Waals surface area contributed by atoms with Gasteiger partial charge in [0, 0.05) is 28.2 Å². The van der Waals surface area contributed by atoms with E-state index in [4.69, 9.17) is 16.3 Å². The minimum atomic E-state index is -0.0653. The number of aliphatic hydroxyl groups is 1.